The maximum absolute atomic E-state index is 13.0. The van der Waals surface area contributed by atoms with Gasteiger partial charge < -0.3 is 19.8 Å². The van der Waals surface area contributed by atoms with Gasteiger partial charge in [-0.3, -0.25) is 13.8 Å². The molecule has 8 nitrogen and oxygen atoms in total. The third-order valence-electron chi connectivity index (χ3n) is 16.3. The van der Waals surface area contributed by atoms with Crippen LogP contribution in [0, 0.1) is 0 Å². The number of carbonyl (C=O) groups is 1. The van der Waals surface area contributed by atoms with Crippen LogP contribution in [0.4, 0.5) is 0 Å². The second-order valence-electron chi connectivity index (χ2n) is 25.6. The van der Waals surface area contributed by atoms with E-state index in [0.717, 1.165) is 38.5 Å². The van der Waals surface area contributed by atoms with Crippen LogP contribution in [-0.4, -0.2) is 73.4 Å². The van der Waals surface area contributed by atoms with Crippen LogP contribution < -0.4 is 5.32 Å². The van der Waals surface area contributed by atoms with Gasteiger partial charge in [0.1, 0.15) is 13.2 Å². The van der Waals surface area contributed by atoms with Crippen molar-refractivity contribution in [2.45, 2.75) is 373 Å². The molecule has 0 saturated heterocycles. The van der Waals surface area contributed by atoms with Crippen molar-refractivity contribution < 1.29 is 32.9 Å². The Balaban J connectivity index is 4.05. The molecule has 0 aromatic heterocycles. The molecule has 0 saturated carbocycles. The average Bonchev–Trinajstić information content (AvgIpc) is 3.42. The summed E-state index contributed by atoms with van der Waals surface area (Å²) in [5.74, 6) is -0.180. The van der Waals surface area contributed by atoms with E-state index in [0.29, 0.717) is 17.4 Å². The number of phosphoric ester groups is 1. The van der Waals surface area contributed by atoms with E-state index >= 15 is 0 Å². The number of phosphoric acid groups is 1. The van der Waals surface area contributed by atoms with Crippen LogP contribution >= 0.6 is 7.82 Å². The van der Waals surface area contributed by atoms with Crippen LogP contribution in [0.5, 0.6) is 0 Å². The number of allylic oxidation sites excluding steroid dienone is 5. The number of hydrogen-bond donors (Lipinski definition) is 3. The Bertz CT molecular complexity index is 1400. The highest BCUT2D eigenvalue weighted by Crippen LogP contribution is 2.43. The predicted octanol–water partition coefficient (Wildman–Crippen LogP) is 22.4. The number of unbranched alkanes of at least 4 members (excludes halogenated alkanes) is 49. The number of aliphatic hydroxyl groups excluding tert-OH is 1. The summed E-state index contributed by atoms with van der Waals surface area (Å²) in [6, 6.07) is -0.864. The fourth-order valence-electron chi connectivity index (χ4n) is 10.8. The monoisotopic (exact) mass is 1150 g/mol. The third-order valence-corrected chi connectivity index (χ3v) is 17.3. The van der Waals surface area contributed by atoms with E-state index in [1.807, 2.05) is 27.2 Å². The van der Waals surface area contributed by atoms with Crippen molar-refractivity contribution in [3.63, 3.8) is 0 Å². The fraction of sp³-hybridized carbons (Fsp3) is 0.901. The SMILES string of the molecule is CCCCCCCCCCCCCC/C=C\CCCCCCCCCCCCCCCCCCCC(=O)NC(COP(=O)(O)OCC[N+](C)(C)C)C(O)/C=C/CC/C=C/CCCCCCCCCCCCCCCCCCCCC. The lowest BCUT2D eigenvalue weighted by atomic mass is 10.0. The predicted molar refractivity (Wildman–Crippen MR) is 351 cm³/mol. The van der Waals surface area contributed by atoms with E-state index in [1.165, 1.54) is 302 Å². The van der Waals surface area contributed by atoms with Crippen LogP contribution in [0.2, 0.25) is 0 Å². The first-order chi connectivity index (χ1) is 39.0. The molecule has 0 fully saturated rings. The Hall–Kier alpha value is -1.28. The summed E-state index contributed by atoms with van der Waals surface area (Å²) in [6.07, 6.45) is 83.1. The molecule has 0 aromatic rings. The number of nitrogens with zero attached hydrogens (tertiary/aromatic N) is 1. The molecule has 0 aliphatic heterocycles. The minimum absolute atomic E-state index is 0.0579. The molecular weight excluding hydrogens is 1010 g/mol. The maximum Gasteiger partial charge on any atom is 0.472 e. The van der Waals surface area contributed by atoms with Crippen LogP contribution in [0.1, 0.15) is 361 Å². The van der Waals surface area contributed by atoms with Gasteiger partial charge in [0.25, 0.3) is 0 Å². The van der Waals surface area contributed by atoms with Crippen molar-refractivity contribution in [3.8, 4) is 0 Å². The Morgan fingerprint density at radius 2 is 0.688 bits per heavy atom. The fourth-order valence-corrected chi connectivity index (χ4v) is 11.6. The Labute approximate surface area is 499 Å². The average molecular weight is 1150 g/mol. The smallest absolute Gasteiger partial charge is 0.387 e. The van der Waals surface area contributed by atoms with Gasteiger partial charge in [-0.05, 0) is 57.8 Å². The van der Waals surface area contributed by atoms with Gasteiger partial charge >= 0.3 is 7.82 Å². The lowest BCUT2D eigenvalue weighted by Crippen LogP contribution is -2.45. The van der Waals surface area contributed by atoms with Crippen molar-refractivity contribution >= 4 is 13.7 Å². The number of aliphatic hydroxyl groups is 1. The first kappa shape index (κ1) is 78.7. The van der Waals surface area contributed by atoms with Crippen molar-refractivity contribution in [1.82, 2.24) is 5.32 Å². The Morgan fingerprint density at radius 1 is 0.412 bits per heavy atom. The van der Waals surface area contributed by atoms with Crippen LogP contribution in [-0.2, 0) is 18.4 Å². The minimum atomic E-state index is -4.36. The molecule has 0 rings (SSSR count). The Kier molecular flexibility index (Phi) is 61.3. The summed E-state index contributed by atoms with van der Waals surface area (Å²) < 4.78 is 23.8. The molecule has 3 unspecified atom stereocenters. The van der Waals surface area contributed by atoms with Crippen molar-refractivity contribution in [2.24, 2.45) is 0 Å². The zero-order valence-electron chi connectivity index (χ0n) is 54.3. The number of rotatable bonds is 66. The summed E-state index contributed by atoms with van der Waals surface area (Å²) in [5.41, 5.74) is 0. The number of likely N-dealkylation sites (N-methyl/N-ethyl adjacent to an activating group) is 1. The van der Waals surface area contributed by atoms with Crippen LogP contribution in [0.3, 0.4) is 0 Å². The Morgan fingerprint density at radius 3 is 1.00 bits per heavy atom. The molecule has 3 N–H and O–H groups in total. The van der Waals surface area contributed by atoms with E-state index in [4.69, 9.17) is 9.05 Å². The molecule has 0 aliphatic carbocycles. The van der Waals surface area contributed by atoms with E-state index < -0.39 is 20.0 Å². The third kappa shape index (κ3) is 64.3. The molecule has 3 atom stereocenters. The molecule has 0 spiro atoms. The van der Waals surface area contributed by atoms with Gasteiger partial charge in [0, 0.05) is 6.42 Å². The summed E-state index contributed by atoms with van der Waals surface area (Å²) in [6.45, 7) is 4.85. The van der Waals surface area contributed by atoms with Crippen molar-refractivity contribution in [1.29, 1.82) is 0 Å². The molecule has 80 heavy (non-hydrogen) atoms. The van der Waals surface area contributed by atoms with E-state index in [9.17, 15) is 19.4 Å². The zero-order valence-corrected chi connectivity index (χ0v) is 55.2. The van der Waals surface area contributed by atoms with Gasteiger partial charge in [-0.15, -0.1) is 0 Å². The molecule has 0 aliphatic rings. The molecule has 0 bridgehead atoms. The first-order valence-corrected chi connectivity index (χ1v) is 36.9. The first-order valence-electron chi connectivity index (χ1n) is 35.4. The molecule has 0 heterocycles. The highest BCUT2D eigenvalue weighted by atomic mass is 31.2. The van der Waals surface area contributed by atoms with Crippen molar-refractivity contribution in [2.75, 3.05) is 40.9 Å². The summed E-state index contributed by atoms with van der Waals surface area (Å²) >= 11 is 0. The highest BCUT2D eigenvalue weighted by molar-refractivity contribution is 7.47. The molecule has 0 aromatic carbocycles. The standard InChI is InChI=1S/C71H139N2O6P/c1-6-8-10-12-14-16-18-20-22-24-26-28-30-32-33-34-35-36-37-38-39-41-43-45-47-49-51-53-55-57-59-61-63-65-71(75)72-69(68-79-80(76,77)78-67-66-73(3,4)5)70(74)64-62-60-58-56-54-52-50-48-46-44-42-40-31-29-27-25-23-21-19-17-15-13-11-9-7-2/h32-33,54,56,62,64,69-70,74H,6-31,34-53,55,57-61,63,65-68H2,1-5H3,(H-,72,75,76,77)/p+1/b33-32-,56-54+,64-62+. The molecule has 1 amide bonds. The topological polar surface area (TPSA) is 105 Å². The van der Waals surface area contributed by atoms with Gasteiger partial charge in [0.15, 0.2) is 0 Å². The van der Waals surface area contributed by atoms with Gasteiger partial charge in [-0.25, -0.2) is 4.57 Å². The van der Waals surface area contributed by atoms with E-state index in [-0.39, 0.29) is 19.1 Å². The van der Waals surface area contributed by atoms with Gasteiger partial charge in [-0.1, -0.05) is 333 Å². The molecular formula is C71H140N2O6P+. The van der Waals surface area contributed by atoms with Gasteiger partial charge in [-0.2, -0.15) is 0 Å². The normalized spacial score (nSPS) is 13.8. The van der Waals surface area contributed by atoms with Crippen LogP contribution in [0.25, 0.3) is 0 Å². The molecule has 9 heteroatoms. The number of carbonyl (C=O) groups excluding carboxylic acids is 1. The second-order valence-corrected chi connectivity index (χ2v) is 27.1. The molecule has 0 radical (unpaired) electrons. The lowest BCUT2D eigenvalue weighted by molar-refractivity contribution is -0.870. The quantitative estimate of drug-likeness (QED) is 0.0243. The number of amides is 1. The zero-order chi connectivity index (χ0) is 58.4. The van der Waals surface area contributed by atoms with Gasteiger partial charge in [0.05, 0.1) is 39.9 Å². The number of hydrogen-bond acceptors (Lipinski definition) is 5. The number of quaternary nitrogens is 1. The van der Waals surface area contributed by atoms with E-state index in [1.54, 1.807) is 6.08 Å². The van der Waals surface area contributed by atoms with Crippen LogP contribution in [0.15, 0.2) is 36.5 Å². The van der Waals surface area contributed by atoms with Gasteiger partial charge in [0.2, 0.25) is 5.91 Å². The number of nitrogens with one attached hydrogen (secondary N) is 1. The van der Waals surface area contributed by atoms with E-state index in [2.05, 4.69) is 43.5 Å². The second kappa shape index (κ2) is 62.3. The molecule has 474 valence electrons. The lowest BCUT2D eigenvalue weighted by Gasteiger charge is -2.25. The summed E-state index contributed by atoms with van der Waals surface area (Å²) in [7, 11) is 1.57. The summed E-state index contributed by atoms with van der Waals surface area (Å²) in [4.78, 5) is 23.4. The maximum atomic E-state index is 13.0. The van der Waals surface area contributed by atoms with Crippen molar-refractivity contribution in [3.05, 3.63) is 36.5 Å². The highest BCUT2D eigenvalue weighted by Gasteiger charge is 2.28. The summed E-state index contributed by atoms with van der Waals surface area (Å²) in [5, 5.41) is 14.0. The largest absolute Gasteiger partial charge is 0.472 e. The minimum Gasteiger partial charge on any atom is -0.387 e.